The summed E-state index contributed by atoms with van der Waals surface area (Å²) in [7, 11) is 0. The molecule has 0 saturated carbocycles. The number of nitrogens with two attached hydrogens (primary N) is 2. The zero-order chi connectivity index (χ0) is 13.1. The van der Waals surface area contributed by atoms with Gasteiger partial charge in [0.2, 0.25) is 0 Å². The Kier molecular flexibility index (Phi) is 11.1. The smallest absolute Gasteiger partial charge is 0.332 e. The van der Waals surface area contributed by atoms with Gasteiger partial charge in [-0.3, -0.25) is 4.79 Å². The van der Waals surface area contributed by atoms with E-state index in [9.17, 15) is 9.59 Å². The maximum absolute atomic E-state index is 9.85. The second-order valence-electron chi connectivity index (χ2n) is 2.89. The summed E-state index contributed by atoms with van der Waals surface area (Å²) in [6.45, 7) is 0.0287. The fraction of sp³-hybridized carbons (Fsp3) is 0.750. The van der Waals surface area contributed by atoms with Crippen molar-refractivity contribution >= 4 is 11.9 Å². The lowest BCUT2D eigenvalue weighted by molar-refractivity contribution is -0.146. The molecular weight excluding hydrogens is 220 g/mol. The molecule has 96 valence electrons. The lowest BCUT2D eigenvalue weighted by Crippen LogP contribution is -2.30. The van der Waals surface area contributed by atoms with Crippen molar-refractivity contribution in [3.8, 4) is 0 Å². The van der Waals surface area contributed by atoms with Gasteiger partial charge in [0, 0.05) is 6.61 Å². The standard InChI is InChI=1S/2C4H9NO3/c5-3(1-2-6)4(7)8;5-2-1-3(6)4(7)8/h2*3,6H,1-2,5H2,(H,7,8)/t2*3-/m00/s1. The molecule has 2 atom stereocenters. The Labute approximate surface area is 92.5 Å². The fourth-order valence-electron chi connectivity index (χ4n) is 0.544. The second-order valence-corrected chi connectivity index (χ2v) is 2.89. The topological polar surface area (TPSA) is 167 Å². The molecular formula is C8H18N2O6. The molecule has 16 heavy (non-hydrogen) atoms. The van der Waals surface area contributed by atoms with E-state index in [1.54, 1.807) is 0 Å². The van der Waals surface area contributed by atoms with Gasteiger partial charge in [0.15, 0.2) is 6.10 Å². The van der Waals surface area contributed by atoms with Crippen molar-refractivity contribution in [3.05, 3.63) is 0 Å². The zero-order valence-electron chi connectivity index (χ0n) is 8.74. The number of carboxylic acids is 2. The summed E-state index contributed by atoms with van der Waals surface area (Å²) in [5.74, 6) is -2.28. The molecule has 0 aliphatic carbocycles. The lowest BCUT2D eigenvalue weighted by atomic mass is 10.2. The van der Waals surface area contributed by atoms with E-state index in [-0.39, 0.29) is 26.0 Å². The zero-order valence-corrected chi connectivity index (χ0v) is 8.74. The molecule has 0 bridgehead atoms. The van der Waals surface area contributed by atoms with Gasteiger partial charge >= 0.3 is 11.9 Å². The molecule has 0 unspecified atom stereocenters. The number of hydrogen-bond donors (Lipinski definition) is 6. The highest BCUT2D eigenvalue weighted by atomic mass is 16.4. The van der Waals surface area contributed by atoms with Crippen molar-refractivity contribution in [1.29, 1.82) is 0 Å². The van der Waals surface area contributed by atoms with Crippen LogP contribution in [-0.4, -0.2) is 57.7 Å². The first-order chi connectivity index (χ1) is 7.36. The highest BCUT2D eigenvalue weighted by Crippen LogP contribution is 1.86. The Morgan fingerprint density at radius 2 is 1.62 bits per heavy atom. The largest absolute Gasteiger partial charge is 0.480 e. The maximum atomic E-state index is 9.85. The number of hydrogen-bond acceptors (Lipinski definition) is 6. The van der Waals surface area contributed by atoms with Crippen LogP contribution in [0.2, 0.25) is 0 Å². The average Bonchev–Trinajstić information content (AvgIpc) is 2.19. The number of aliphatic hydroxyl groups excluding tert-OH is 2. The third-order valence-electron chi connectivity index (χ3n) is 1.48. The van der Waals surface area contributed by atoms with Gasteiger partial charge in [-0.2, -0.15) is 0 Å². The molecule has 0 radical (unpaired) electrons. The molecule has 0 aromatic rings. The molecule has 8 heteroatoms. The normalized spacial score (nSPS) is 13.2. The van der Waals surface area contributed by atoms with Crippen molar-refractivity contribution in [2.45, 2.75) is 25.0 Å². The molecule has 0 saturated heterocycles. The van der Waals surface area contributed by atoms with Gasteiger partial charge in [-0.15, -0.1) is 0 Å². The number of rotatable bonds is 6. The summed E-state index contributed by atoms with van der Waals surface area (Å²) in [5.41, 5.74) is 9.91. The van der Waals surface area contributed by atoms with E-state index in [0.29, 0.717) is 0 Å². The molecule has 0 spiro atoms. The van der Waals surface area contributed by atoms with Crippen molar-refractivity contribution in [2.24, 2.45) is 11.5 Å². The van der Waals surface area contributed by atoms with Crippen LogP contribution >= 0.6 is 0 Å². The van der Waals surface area contributed by atoms with Crippen LogP contribution in [0.1, 0.15) is 12.8 Å². The predicted octanol–water partition coefficient (Wildman–Crippen LogP) is -2.44. The quantitative estimate of drug-likeness (QED) is 0.296. The fourth-order valence-corrected chi connectivity index (χ4v) is 0.544. The van der Waals surface area contributed by atoms with Crippen molar-refractivity contribution in [2.75, 3.05) is 13.2 Å². The van der Waals surface area contributed by atoms with Crippen LogP contribution in [-0.2, 0) is 9.59 Å². The first-order valence-corrected chi connectivity index (χ1v) is 4.57. The van der Waals surface area contributed by atoms with Crippen molar-refractivity contribution in [1.82, 2.24) is 0 Å². The Bertz CT molecular complexity index is 189. The number of aliphatic carboxylic acids is 2. The molecule has 8 N–H and O–H groups in total. The summed E-state index contributed by atoms with van der Waals surface area (Å²) in [4.78, 5) is 19.6. The van der Waals surface area contributed by atoms with E-state index in [2.05, 4.69) is 0 Å². The Morgan fingerprint density at radius 3 is 1.75 bits per heavy atom. The van der Waals surface area contributed by atoms with Gasteiger partial charge in [0.05, 0.1) is 0 Å². The van der Waals surface area contributed by atoms with Gasteiger partial charge in [-0.25, -0.2) is 4.79 Å². The van der Waals surface area contributed by atoms with Crippen molar-refractivity contribution < 1.29 is 30.0 Å². The van der Waals surface area contributed by atoms with E-state index < -0.39 is 24.1 Å². The summed E-state index contributed by atoms with van der Waals surface area (Å²) in [6.07, 6.45) is -1.05. The summed E-state index contributed by atoms with van der Waals surface area (Å²) < 4.78 is 0. The lowest BCUT2D eigenvalue weighted by Gasteiger charge is -2.00. The molecule has 0 fully saturated rings. The summed E-state index contributed by atoms with van der Waals surface area (Å²) >= 11 is 0. The van der Waals surface area contributed by atoms with Gasteiger partial charge in [-0.05, 0) is 19.4 Å². The van der Waals surface area contributed by atoms with Gasteiger partial charge in [-0.1, -0.05) is 0 Å². The van der Waals surface area contributed by atoms with Crippen LogP contribution in [0.4, 0.5) is 0 Å². The molecule has 0 aromatic carbocycles. The monoisotopic (exact) mass is 238 g/mol. The first-order valence-electron chi connectivity index (χ1n) is 4.57. The van der Waals surface area contributed by atoms with E-state index in [0.717, 1.165) is 0 Å². The molecule has 0 heterocycles. The Balaban J connectivity index is 0. The van der Waals surface area contributed by atoms with Crippen LogP contribution in [0.25, 0.3) is 0 Å². The van der Waals surface area contributed by atoms with Gasteiger partial charge in [0.1, 0.15) is 6.04 Å². The molecule has 0 aliphatic heterocycles. The SMILES string of the molecule is NCC[C@H](O)C(=O)O.N[C@@H](CCO)C(=O)O. The van der Waals surface area contributed by atoms with E-state index >= 15 is 0 Å². The summed E-state index contributed by atoms with van der Waals surface area (Å²) in [5, 5.41) is 32.7. The minimum atomic E-state index is -1.29. The van der Waals surface area contributed by atoms with E-state index in [1.807, 2.05) is 0 Å². The van der Waals surface area contributed by atoms with E-state index in [4.69, 9.17) is 31.9 Å². The molecule has 0 aromatic heterocycles. The predicted molar refractivity (Wildman–Crippen MR) is 54.6 cm³/mol. The third-order valence-corrected chi connectivity index (χ3v) is 1.48. The van der Waals surface area contributed by atoms with E-state index in [1.165, 1.54) is 0 Å². The minimum Gasteiger partial charge on any atom is -0.480 e. The van der Waals surface area contributed by atoms with Gasteiger partial charge in [0.25, 0.3) is 0 Å². The Hall–Kier alpha value is -1.22. The number of carboxylic acid groups (broad SMARTS) is 2. The average molecular weight is 238 g/mol. The van der Waals surface area contributed by atoms with Crippen LogP contribution < -0.4 is 11.5 Å². The van der Waals surface area contributed by atoms with Crippen LogP contribution in [0, 0.1) is 0 Å². The highest BCUT2D eigenvalue weighted by molar-refractivity contribution is 5.73. The molecule has 0 aliphatic rings. The maximum Gasteiger partial charge on any atom is 0.332 e. The van der Waals surface area contributed by atoms with Gasteiger partial charge < -0.3 is 31.9 Å². The second kappa shape index (κ2) is 10.3. The summed E-state index contributed by atoms with van der Waals surface area (Å²) in [6, 6.07) is -0.917. The first kappa shape index (κ1) is 17.2. The van der Waals surface area contributed by atoms with Crippen molar-refractivity contribution in [3.63, 3.8) is 0 Å². The van der Waals surface area contributed by atoms with Crippen LogP contribution in [0.5, 0.6) is 0 Å². The third kappa shape index (κ3) is 10.9. The number of carbonyl (C=O) groups is 2. The Morgan fingerprint density at radius 1 is 1.12 bits per heavy atom. The van der Waals surface area contributed by atoms with Crippen LogP contribution in [0.3, 0.4) is 0 Å². The molecule has 8 nitrogen and oxygen atoms in total. The molecule has 0 rings (SSSR count). The molecule has 0 amide bonds. The number of aliphatic hydroxyl groups is 2. The highest BCUT2D eigenvalue weighted by Gasteiger charge is 2.10. The van der Waals surface area contributed by atoms with Crippen LogP contribution in [0.15, 0.2) is 0 Å². The minimum absolute atomic E-state index is 0.120.